The molecule has 5 heteroatoms. The molecule has 3 rings (SSSR count). The van der Waals surface area contributed by atoms with Gasteiger partial charge in [0.2, 0.25) is 0 Å². The van der Waals surface area contributed by atoms with Crippen molar-refractivity contribution in [2.45, 2.75) is 0 Å². The lowest BCUT2D eigenvalue weighted by atomic mass is 10.1. The molecule has 0 saturated heterocycles. The van der Waals surface area contributed by atoms with Crippen molar-refractivity contribution < 1.29 is 0 Å². The van der Waals surface area contributed by atoms with Crippen LogP contribution in [0, 0.1) is 22.7 Å². The van der Waals surface area contributed by atoms with Crippen LogP contribution >= 0.6 is 0 Å². The summed E-state index contributed by atoms with van der Waals surface area (Å²) in [6, 6.07) is 17.1. The number of pyridine rings is 1. The van der Waals surface area contributed by atoms with Gasteiger partial charge in [0.25, 0.3) is 0 Å². The maximum atomic E-state index is 8.99. The monoisotopic (exact) mass is 297 g/mol. The van der Waals surface area contributed by atoms with Gasteiger partial charge in [-0.15, -0.1) is 0 Å². The molecule has 0 aliphatic heterocycles. The average molecular weight is 297 g/mol. The molecule has 2 heterocycles. The fourth-order valence-corrected chi connectivity index (χ4v) is 2.18. The van der Waals surface area contributed by atoms with Crippen molar-refractivity contribution >= 4 is 6.08 Å². The molecule has 108 valence electrons. The molecule has 0 saturated carbocycles. The van der Waals surface area contributed by atoms with Gasteiger partial charge in [0.15, 0.2) is 0 Å². The summed E-state index contributed by atoms with van der Waals surface area (Å²) in [6.45, 7) is 0. The quantitative estimate of drug-likeness (QED) is 0.694. The second kappa shape index (κ2) is 6.38. The fraction of sp³-hybridized carbons (Fsp3) is 0. The van der Waals surface area contributed by atoms with Gasteiger partial charge < -0.3 is 0 Å². The van der Waals surface area contributed by atoms with Crippen LogP contribution in [-0.2, 0) is 0 Å². The summed E-state index contributed by atoms with van der Waals surface area (Å²) in [6.07, 6.45) is 6.72. The molecule has 0 N–H and O–H groups in total. The lowest BCUT2D eigenvalue weighted by Crippen LogP contribution is -1.94. The number of hydrogen-bond donors (Lipinski definition) is 0. The van der Waals surface area contributed by atoms with Crippen molar-refractivity contribution in [2.75, 3.05) is 0 Å². The molecule has 0 atom stereocenters. The number of benzene rings is 1. The largest absolute Gasteiger partial charge is 0.264 e. The Kier molecular flexibility index (Phi) is 3.95. The minimum atomic E-state index is 0.0303. The summed E-state index contributed by atoms with van der Waals surface area (Å²) in [5.74, 6) is 0. The predicted molar refractivity (Wildman–Crippen MR) is 86.0 cm³/mol. The highest BCUT2D eigenvalue weighted by Gasteiger charge is 2.11. The third-order valence-electron chi connectivity index (χ3n) is 3.24. The van der Waals surface area contributed by atoms with Gasteiger partial charge in [-0.25, -0.2) is 4.68 Å². The molecule has 5 nitrogen and oxygen atoms in total. The minimum absolute atomic E-state index is 0.0303. The van der Waals surface area contributed by atoms with Crippen LogP contribution in [0.25, 0.3) is 23.0 Å². The van der Waals surface area contributed by atoms with Crippen LogP contribution in [0.2, 0.25) is 0 Å². The maximum Gasteiger partial charge on any atom is 0.130 e. The highest BCUT2D eigenvalue weighted by Crippen LogP contribution is 2.24. The van der Waals surface area contributed by atoms with Gasteiger partial charge in [0.1, 0.15) is 23.4 Å². The van der Waals surface area contributed by atoms with Gasteiger partial charge in [-0.05, 0) is 30.3 Å². The highest BCUT2D eigenvalue weighted by atomic mass is 15.3. The molecule has 0 unspecified atom stereocenters. The Labute approximate surface area is 133 Å². The van der Waals surface area contributed by atoms with Crippen molar-refractivity contribution in [1.29, 1.82) is 10.5 Å². The van der Waals surface area contributed by atoms with Crippen molar-refractivity contribution in [1.82, 2.24) is 14.8 Å². The maximum absolute atomic E-state index is 8.99. The number of hydrogen-bond acceptors (Lipinski definition) is 4. The van der Waals surface area contributed by atoms with Gasteiger partial charge in [0.05, 0.1) is 5.69 Å². The number of nitriles is 2. The summed E-state index contributed by atoms with van der Waals surface area (Å²) < 4.78 is 1.72. The van der Waals surface area contributed by atoms with E-state index in [9.17, 15) is 0 Å². The lowest BCUT2D eigenvalue weighted by molar-refractivity contribution is 0.884. The fourth-order valence-electron chi connectivity index (χ4n) is 2.18. The summed E-state index contributed by atoms with van der Waals surface area (Å²) in [5.41, 5.74) is 3.11. The second-order valence-corrected chi connectivity index (χ2v) is 4.74. The van der Waals surface area contributed by atoms with Crippen molar-refractivity contribution in [2.24, 2.45) is 0 Å². The first kappa shape index (κ1) is 14.2. The molecule has 23 heavy (non-hydrogen) atoms. The summed E-state index contributed by atoms with van der Waals surface area (Å²) >= 11 is 0. The molecule has 2 aromatic heterocycles. The third kappa shape index (κ3) is 2.99. The molecular weight excluding hydrogens is 286 g/mol. The molecule has 0 spiro atoms. The first-order valence-electron chi connectivity index (χ1n) is 6.89. The van der Waals surface area contributed by atoms with E-state index in [1.807, 2.05) is 54.6 Å². The first-order valence-corrected chi connectivity index (χ1v) is 6.89. The number of allylic oxidation sites excluding steroid dienone is 1. The molecule has 0 bridgehead atoms. The van der Waals surface area contributed by atoms with Crippen LogP contribution in [0.4, 0.5) is 0 Å². The zero-order valence-electron chi connectivity index (χ0n) is 12.1. The van der Waals surface area contributed by atoms with Crippen molar-refractivity contribution in [3.05, 3.63) is 72.2 Å². The zero-order chi connectivity index (χ0) is 16.1. The standard InChI is InChI=1S/C18H11N5/c19-10-14(11-20)9-16-13-23(17-6-2-1-3-7-17)22-18(16)15-5-4-8-21-12-15/h1-9,12-13H. The first-order chi connectivity index (χ1) is 11.3. The van der Waals surface area contributed by atoms with Gasteiger partial charge in [-0.1, -0.05) is 18.2 Å². The number of rotatable bonds is 3. The number of aromatic nitrogens is 3. The zero-order valence-corrected chi connectivity index (χ0v) is 12.1. The van der Waals surface area contributed by atoms with Gasteiger partial charge in [-0.3, -0.25) is 4.98 Å². The van der Waals surface area contributed by atoms with E-state index >= 15 is 0 Å². The Hall–Kier alpha value is -3.70. The molecular formula is C18H11N5. The van der Waals surface area contributed by atoms with E-state index in [1.54, 1.807) is 23.3 Å². The smallest absolute Gasteiger partial charge is 0.130 e. The third-order valence-corrected chi connectivity index (χ3v) is 3.24. The highest BCUT2D eigenvalue weighted by molar-refractivity contribution is 5.75. The molecule has 0 fully saturated rings. The molecule has 3 aromatic rings. The normalized spacial score (nSPS) is 9.65. The lowest BCUT2D eigenvalue weighted by Gasteiger charge is -1.99. The van der Waals surface area contributed by atoms with E-state index in [1.165, 1.54) is 6.08 Å². The van der Waals surface area contributed by atoms with Crippen molar-refractivity contribution in [3.63, 3.8) is 0 Å². The molecule has 0 aliphatic rings. The molecule has 0 amide bonds. The molecule has 1 aromatic carbocycles. The average Bonchev–Trinajstić information content (AvgIpc) is 3.05. The van der Waals surface area contributed by atoms with Gasteiger partial charge in [-0.2, -0.15) is 15.6 Å². The Morgan fingerprint density at radius 3 is 2.48 bits per heavy atom. The summed E-state index contributed by atoms with van der Waals surface area (Å²) in [7, 11) is 0. The van der Waals surface area contributed by atoms with Crippen LogP contribution in [0.5, 0.6) is 0 Å². The summed E-state index contributed by atoms with van der Waals surface area (Å²) in [5, 5.41) is 22.6. The Morgan fingerprint density at radius 1 is 1.04 bits per heavy atom. The summed E-state index contributed by atoms with van der Waals surface area (Å²) in [4.78, 5) is 4.10. The minimum Gasteiger partial charge on any atom is -0.264 e. The number of para-hydroxylation sites is 1. The van der Waals surface area contributed by atoms with Crippen LogP contribution < -0.4 is 0 Å². The van der Waals surface area contributed by atoms with E-state index in [-0.39, 0.29) is 5.57 Å². The van der Waals surface area contributed by atoms with Gasteiger partial charge in [0, 0.05) is 29.7 Å². The van der Waals surface area contributed by atoms with E-state index in [0.717, 1.165) is 11.3 Å². The van der Waals surface area contributed by atoms with Crippen LogP contribution in [0.3, 0.4) is 0 Å². The van der Waals surface area contributed by atoms with E-state index in [2.05, 4.69) is 10.1 Å². The Balaban J connectivity index is 2.18. The van der Waals surface area contributed by atoms with E-state index < -0.39 is 0 Å². The topological polar surface area (TPSA) is 78.3 Å². The van der Waals surface area contributed by atoms with Gasteiger partial charge >= 0.3 is 0 Å². The number of nitrogens with zero attached hydrogens (tertiary/aromatic N) is 5. The predicted octanol–water partition coefficient (Wildman–Crippen LogP) is 3.36. The SMILES string of the molecule is N#CC(C#N)=Cc1cn(-c2ccccc2)nc1-c1cccnc1. The van der Waals surface area contributed by atoms with Crippen LogP contribution in [0.1, 0.15) is 5.56 Å². The Morgan fingerprint density at radius 2 is 1.83 bits per heavy atom. The second-order valence-electron chi connectivity index (χ2n) is 4.74. The molecule has 0 aliphatic carbocycles. The van der Waals surface area contributed by atoms with Crippen LogP contribution in [0.15, 0.2) is 66.6 Å². The Bertz CT molecular complexity index is 909. The van der Waals surface area contributed by atoms with E-state index in [4.69, 9.17) is 10.5 Å². The molecule has 0 radical (unpaired) electrons. The van der Waals surface area contributed by atoms with Crippen LogP contribution in [-0.4, -0.2) is 14.8 Å². The van der Waals surface area contributed by atoms with Crippen molar-refractivity contribution in [3.8, 4) is 29.1 Å². The van der Waals surface area contributed by atoms with E-state index in [0.29, 0.717) is 11.3 Å².